The minimum atomic E-state index is -0.517. The van der Waals surface area contributed by atoms with Crippen LogP contribution in [0, 0.1) is 0 Å². The summed E-state index contributed by atoms with van der Waals surface area (Å²) >= 11 is 0. The zero-order valence-electron chi connectivity index (χ0n) is 10.1. The van der Waals surface area contributed by atoms with Crippen molar-refractivity contribution in [3.8, 4) is 0 Å². The molecule has 0 aromatic carbocycles. The maximum absolute atomic E-state index is 10.0. The molecule has 0 amide bonds. The van der Waals surface area contributed by atoms with Crippen LogP contribution >= 0.6 is 0 Å². The predicted molar refractivity (Wildman–Crippen MR) is 62.0 cm³/mol. The van der Waals surface area contributed by atoms with Crippen LogP contribution in [-0.2, 0) is 4.74 Å². The van der Waals surface area contributed by atoms with Gasteiger partial charge in [-0.15, -0.1) is 0 Å². The lowest BCUT2D eigenvalue weighted by atomic mass is 9.97. The van der Waals surface area contributed by atoms with Crippen LogP contribution in [0.15, 0.2) is 0 Å². The molecule has 0 aromatic heterocycles. The molecule has 0 bridgehead atoms. The third-order valence-electron chi connectivity index (χ3n) is 3.44. The van der Waals surface area contributed by atoms with E-state index in [-0.39, 0.29) is 0 Å². The number of aliphatic hydroxyl groups is 1. The van der Waals surface area contributed by atoms with Crippen molar-refractivity contribution in [2.45, 2.75) is 57.7 Å². The van der Waals surface area contributed by atoms with Crippen molar-refractivity contribution in [1.29, 1.82) is 0 Å². The van der Waals surface area contributed by atoms with Gasteiger partial charge in [0, 0.05) is 13.2 Å². The first-order valence-corrected chi connectivity index (χ1v) is 6.25. The second kappa shape index (κ2) is 6.46. The first-order valence-electron chi connectivity index (χ1n) is 6.25. The van der Waals surface area contributed by atoms with Gasteiger partial charge in [0.15, 0.2) is 0 Å². The van der Waals surface area contributed by atoms with Gasteiger partial charge < -0.3 is 15.2 Å². The van der Waals surface area contributed by atoms with E-state index in [0.29, 0.717) is 12.6 Å². The fraction of sp³-hybridized carbons (Fsp3) is 1.00. The van der Waals surface area contributed by atoms with E-state index < -0.39 is 5.60 Å². The Morgan fingerprint density at radius 1 is 1.40 bits per heavy atom. The lowest BCUT2D eigenvalue weighted by Crippen LogP contribution is -2.40. The normalized spacial score (nSPS) is 22.2. The van der Waals surface area contributed by atoms with Gasteiger partial charge in [-0.1, -0.05) is 13.8 Å². The van der Waals surface area contributed by atoms with Gasteiger partial charge >= 0.3 is 0 Å². The minimum Gasteiger partial charge on any atom is -0.389 e. The topological polar surface area (TPSA) is 41.5 Å². The summed E-state index contributed by atoms with van der Waals surface area (Å²) in [4.78, 5) is 0. The molecule has 0 saturated carbocycles. The monoisotopic (exact) mass is 215 g/mol. The molecule has 3 nitrogen and oxygen atoms in total. The average Bonchev–Trinajstić information content (AvgIpc) is 2.77. The first-order chi connectivity index (χ1) is 7.20. The van der Waals surface area contributed by atoms with E-state index in [2.05, 4.69) is 5.32 Å². The second-order valence-electron chi connectivity index (χ2n) is 4.53. The molecule has 1 unspecified atom stereocenters. The highest BCUT2D eigenvalue weighted by Crippen LogP contribution is 2.15. The summed E-state index contributed by atoms with van der Waals surface area (Å²) in [5.74, 6) is 0. The number of rotatable bonds is 7. The summed E-state index contributed by atoms with van der Waals surface area (Å²) in [5.41, 5.74) is -0.517. The molecule has 1 saturated heterocycles. The minimum absolute atomic E-state index is 0.453. The molecule has 1 aliphatic heterocycles. The van der Waals surface area contributed by atoms with Crippen LogP contribution in [0.5, 0.6) is 0 Å². The third-order valence-corrected chi connectivity index (χ3v) is 3.44. The summed E-state index contributed by atoms with van der Waals surface area (Å²) in [6.45, 7) is 6.65. The van der Waals surface area contributed by atoms with Gasteiger partial charge in [0.2, 0.25) is 0 Å². The van der Waals surface area contributed by atoms with Crippen molar-refractivity contribution in [3.05, 3.63) is 0 Å². The van der Waals surface area contributed by atoms with Crippen molar-refractivity contribution in [2.24, 2.45) is 0 Å². The molecule has 1 fully saturated rings. The van der Waals surface area contributed by atoms with Crippen LogP contribution in [0.1, 0.15) is 46.0 Å². The van der Waals surface area contributed by atoms with E-state index in [4.69, 9.17) is 4.74 Å². The SMILES string of the molecule is CCC(O)(CC)CNCCC1CCCO1. The van der Waals surface area contributed by atoms with Gasteiger partial charge in [0.05, 0.1) is 11.7 Å². The van der Waals surface area contributed by atoms with E-state index in [1.54, 1.807) is 0 Å². The third kappa shape index (κ3) is 4.49. The van der Waals surface area contributed by atoms with Crippen molar-refractivity contribution in [1.82, 2.24) is 5.32 Å². The Kier molecular flexibility index (Phi) is 5.58. The first kappa shape index (κ1) is 12.9. The van der Waals surface area contributed by atoms with E-state index in [1.807, 2.05) is 13.8 Å². The molecule has 1 atom stereocenters. The fourth-order valence-electron chi connectivity index (χ4n) is 1.96. The smallest absolute Gasteiger partial charge is 0.0766 e. The Bertz CT molecular complexity index is 163. The Morgan fingerprint density at radius 3 is 2.67 bits per heavy atom. The van der Waals surface area contributed by atoms with Crippen LogP contribution in [0.2, 0.25) is 0 Å². The van der Waals surface area contributed by atoms with Crippen LogP contribution in [0.25, 0.3) is 0 Å². The molecule has 0 aliphatic carbocycles. The molecular weight excluding hydrogens is 190 g/mol. The van der Waals surface area contributed by atoms with E-state index in [9.17, 15) is 5.11 Å². The fourth-order valence-corrected chi connectivity index (χ4v) is 1.96. The van der Waals surface area contributed by atoms with Crippen molar-refractivity contribution in [3.63, 3.8) is 0 Å². The Morgan fingerprint density at radius 2 is 2.13 bits per heavy atom. The number of hydrogen-bond donors (Lipinski definition) is 2. The summed E-state index contributed by atoms with van der Waals surface area (Å²) in [5, 5.41) is 13.4. The highest BCUT2D eigenvalue weighted by Gasteiger charge is 2.21. The van der Waals surface area contributed by atoms with Gasteiger partial charge in [0.1, 0.15) is 0 Å². The highest BCUT2D eigenvalue weighted by atomic mass is 16.5. The largest absolute Gasteiger partial charge is 0.389 e. The quantitative estimate of drug-likeness (QED) is 0.635. The van der Waals surface area contributed by atoms with Crippen LogP contribution in [0.4, 0.5) is 0 Å². The maximum atomic E-state index is 10.0. The maximum Gasteiger partial charge on any atom is 0.0766 e. The molecule has 0 radical (unpaired) electrons. The van der Waals surface area contributed by atoms with Gasteiger partial charge in [0.25, 0.3) is 0 Å². The molecule has 3 heteroatoms. The second-order valence-corrected chi connectivity index (χ2v) is 4.53. The Labute approximate surface area is 93.2 Å². The Balaban J connectivity index is 2.04. The number of hydrogen-bond acceptors (Lipinski definition) is 3. The molecule has 1 rings (SSSR count). The van der Waals surface area contributed by atoms with E-state index in [1.165, 1.54) is 12.8 Å². The van der Waals surface area contributed by atoms with Gasteiger partial charge in [-0.05, 0) is 38.6 Å². The summed E-state index contributed by atoms with van der Waals surface area (Å²) in [7, 11) is 0. The predicted octanol–water partition coefficient (Wildman–Crippen LogP) is 1.70. The highest BCUT2D eigenvalue weighted by molar-refractivity contribution is 4.78. The van der Waals surface area contributed by atoms with Crippen molar-refractivity contribution >= 4 is 0 Å². The molecule has 90 valence electrons. The number of ether oxygens (including phenoxy) is 1. The number of nitrogens with one attached hydrogen (secondary N) is 1. The molecular formula is C12H25NO2. The summed E-state index contributed by atoms with van der Waals surface area (Å²) in [6, 6.07) is 0. The summed E-state index contributed by atoms with van der Waals surface area (Å²) < 4.78 is 5.54. The van der Waals surface area contributed by atoms with E-state index >= 15 is 0 Å². The van der Waals surface area contributed by atoms with Gasteiger partial charge in [-0.3, -0.25) is 0 Å². The molecule has 1 aliphatic rings. The van der Waals surface area contributed by atoms with Crippen LogP contribution < -0.4 is 5.32 Å². The average molecular weight is 215 g/mol. The molecule has 0 spiro atoms. The zero-order chi connectivity index (χ0) is 11.1. The van der Waals surface area contributed by atoms with Crippen LogP contribution in [-0.4, -0.2) is 36.5 Å². The van der Waals surface area contributed by atoms with Gasteiger partial charge in [-0.2, -0.15) is 0 Å². The molecule has 15 heavy (non-hydrogen) atoms. The molecule has 0 aromatic rings. The Hall–Kier alpha value is -0.120. The van der Waals surface area contributed by atoms with Gasteiger partial charge in [-0.25, -0.2) is 0 Å². The van der Waals surface area contributed by atoms with Crippen molar-refractivity contribution < 1.29 is 9.84 Å². The van der Waals surface area contributed by atoms with Crippen molar-refractivity contribution in [2.75, 3.05) is 19.7 Å². The summed E-state index contributed by atoms with van der Waals surface area (Å²) in [6.07, 6.45) is 5.57. The lowest BCUT2D eigenvalue weighted by Gasteiger charge is -2.25. The lowest BCUT2D eigenvalue weighted by molar-refractivity contribution is 0.0311. The zero-order valence-corrected chi connectivity index (χ0v) is 10.1. The standard InChI is InChI=1S/C12H25NO2/c1-3-12(14,4-2)10-13-8-7-11-6-5-9-15-11/h11,13-14H,3-10H2,1-2H3. The molecule has 2 N–H and O–H groups in total. The van der Waals surface area contributed by atoms with E-state index in [0.717, 1.165) is 32.4 Å². The van der Waals surface area contributed by atoms with Crippen LogP contribution in [0.3, 0.4) is 0 Å². The molecule has 1 heterocycles.